The van der Waals surface area contributed by atoms with Gasteiger partial charge in [-0.25, -0.2) is 0 Å². The Labute approximate surface area is 317 Å². The first-order valence-corrected chi connectivity index (χ1v) is 19.3. The lowest BCUT2D eigenvalue weighted by molar-refractivity contribution is 1.30. The van der Waals surface area contributed by atoms with Gasteiger partial charge < -0.3 is 4.90 Å². The Morgan fingerprint density at radius 3 is 1.65 bits per heavy atom. The van der Waals surface area contributed by atoms with Gasteiger partial charge >= 0.3 is 0 Å². The normalized spacial score (nSPS) is 11.7. The molecule has 0 unspecified atom stereocenters. The van der Waals surface area contributed by atoms with E-state index in [1.54, 1.807) is 0 Å². The fraction of sp³-hybridized carbons (Fsp3) is 0. The van der Waals surface area contributed by atoms with E-state index in [0.717, 1.165) is 17.1 Å². The van der Waals surface area contributed by atoms with Crippen molar-refractivity contribution in [1.82, 2.24) is 0 Å². The number of hydrogen-bond acceptors (Lipinski definition) is 2. The van der Waals surface area contributed by atoms with Crippen LogP contribution in [0.5, 0.6) is 0 Å². The molecule has 0 amide bonds. The molecule has 252 valence electrons. The first-order chi connectivity index (χ1) is 26.7. The SMILES string of the molecule is c1ccc(-c2ccc(N(c3ccc4c(c3)sc3cc5ccccc5cc34)c3cc(-c4cc5ccccc5c5ccccc45)cc4ccccc34)cc2)cc1. The van der Waals surface area contributed by atoms with Crippen LogP contribution in [-0.2, 0) is 0 Å². The van der Waals surface area contributed by atoms with E-state index in [2.05, 4.69) is 205 Å². The molecule has 0 fully saturated rings. The number of nitrogens with zero attached hydrogens (tertiary/aromatic N) is 1. The van der Waals surface area contributed by atoms with Gasteiger partial charge in [0.05, 0.1) is 5.69 Å². The van der Waals surface area contributed by atoms with Crippen LogP contribution >= 0.6 is 11.3 Å². The maximum atomic E-state index is 2.46. The van der Waals surface area contributed by atoms with Gasteiger partial charge in [-0.2, -0.15) is 0 Å². The van der Waals surface area contributed by atoms with Crippen LogP contribution in [0.1, 0.15) is 0 Å². The lowest BCUT2D eigenvalue weighted by atomic mass is 9.91. The second kappa shape index (κ2) is 12.4. The van der Waals surface area contributed by atoms with Gasteiger partial charge in [0, 0.05) is 36.9 Å². The summed E-state index contributed by atoms with van der Waals surface area (Å²) < 4.78 is 2.60. The maximum absolute atomic E-state index is 2.46. The number of thiophene rings is 1. The van der Waals surface area contributed by atoms with Crippen LogP contribution in [0.3, 0.4) is 0 Å². The summed E-state index contributed by atoms with van der Waals surface area (Å²) in [6, 6.07) is 73.7. The fourth-order valence-corrected chi connectivity index (χ4v) is 9.54. The molecule has 0 aliphatic heterocycles. The van der Waals surface area contributed by atoms with E-state index < -0.39 is 0 Å². The fourth-order valence-electron chi connectivity index (χ4n) is 8.37. The van der Waals surface area contributed by atoms with Gasteiger partial charge in [0.25, 0.3) is 0 Å². The van der Waals surface area contributed by atoms with Crippen molar-refractivity contribution in [3.63, 3.8) is 0 Å². The summed E-state index contributed by atoms with van der Waals surface area (Å²) in [5, 5.41) is 12.6. The molecule has 0 atom stereocenters. The van der Waals surface area contributed by atoms with Crippen LogP contribution in [0.4, 0.5) is 17.1 Å². The summed E-state index contributed by atoms with van der Waals surface area (Å²) in [5.41, 5.74) is 8.26. The molecule has 11 aromatic rings. The lowest BCUT2D eigenvalue weighted by Gasteiger charge is -2.28. The van der Waals surface area contributed by atoms with Crippen molar-refractivity contribution in [3.8, 4) is 22.3 Å². The van der Waals surface area contributed by atoms with Crippen molar-refractivity contribution < 1.29 is 0 Å². The molecule has 0 radical (unpaired) electrons. The van der Waals surface area contributed by atoms with Crippen molar-refractivity contribution in [2.24, 2.45) is 0 Å². The molecule has 1 heterocycles. The minimum absolute atomic E-state index is 1.12. The molecule has 0 aliphatic rings. The summed E-state index contributed by atoms with van der Waals surface area (Å²) in [6.45, 7) is 0. The highest BCUT2D eigenvalue weighted by Crippen LogP contribution is 2.46. The highest BCUT2D eigenvalue weighted by atomic mass is 32.1. The number of anilines is 3. The second-order valence-corrected chi connectivity index (χ2v) is 15.2. The second-order valence-electron chi connectivity index (χ2n) is 14.1. The molecule has 0 N–H and O–H groups in total. The molecule has 2 heteroatoms. The van der Waals surface area contributed by atoms with E-state index in [-0.39, 0.29) is 0 Å². The Bertz CT molecular complexity index is 3210. The molecule has 0 aliphatic carbocycles. The molecule has 0 bridgehead atoms. The van der Waals surface area contributed by atoms with E-state index in [4.69, 9.17) is 0 Å². The highest BCUT2D eigenvalue weighted by Gasteiger charge is 2.20. The summed E-state index contributed by atoms with van der Waals surface area (Å²) in [4.78, 5) is 2.46. The van der Waals surface area contributed by atoms with E-state index >= 15 is 0 Å². The largest absolute Gasteiger partial charge is 0.310 e. The topological polar surface area (TPSA) is 3.24 Å². The Morgan fingerprint density at radius 2 is 0.870 bits per heavy atom. The molecule has 0 spiro atoms. The van der Waals surface area contributed by atoms with Gasteiger partial charge in [-0.3, -0.25) is 0 Å². The van der Waals surface area contributed by atoms with E-state index in [1.807, 2.05) is 11.3 Å². The Kier molecular flexibility index (Phi) is 7.11. The number of rotatable bonds is 5. The minimum atomic E-state index is 1.12. The molecular formula is C52H33NS. The standard InChI is InChI=1S/C52H33NS/c1-2-12-34(13-3-1)35-22-24-41(25-23-35)53(42-26-27-47-49-29-36-14-4-5-15-37(36)32-51(49)54-52(47)33-42)50-31-40(28-38-16-7-9-19-44(38)50)48-30-39-17-6-8-18-43(39)45-20-10-11-21-46(45)48/h1-33H. The lowest BCUT2D eigenvalue weighted by Crippen LogP contribution is -2.10. The highest BCUT2D eigenvalue weighted by molar-refractivity contribution is 7.25. The Balaban J connectivity index is 1.16. The molecule has 10 aromatic carbocycles. The quantitative estimate of drug-likeness (QED) is 0.161. The van der Waals surface area contributed by atoms with Crippen molar-refractivity contribution in [2.75, 3.05) is 4.90 Å². The molecule has 0 saturated carbocycles. The summed E-state index contributed by atoms with van der Waals surface area (Å²) in [6.07, 6.45) is 0. The van der Waals surface area contributed by atoms with Crippen molar-refractivity contribution in [3.05, 3.63) is 200 Å². The molecular weight excluding hydrogens is 671 g/mol. The number of fused-ring (bicyclic) bond motifs is 8. The third-order valence-electron chi connectivity index (χ3n) is 11.0. The summed E-state index contributed by atoms with van der Waals surface area (Å²) in [7, 11) is 0. The number of hydrogen-bond donors (Lipinski definition) is 0. The Morgan fingerprint density at radius 1 is 0.296 bits per heavy atom. The van der Waals surface area contributed by atoms with Gasteiger partial charge in [-0.05, 0) is 115 Å². The molecule has 1 aromatic heterocycles. The van der Waals surface area contributed by atoms with E-state index in [0.29, 0.717) is 0 Å². The van der Waals surface area contributed by atoms with Crippen molar-refractivity contribution in [2.45, 2.75) is 0 Å². The minimum Gasteiger partial charge on any atom is -0.310 e. The predicted molar refractivity (Wildman–Crippen MR) is 235 cm³/mol. The van der Waals surface area contributed by atoms with E-state index in [1.165, 1.54) is 85.5 Å². The summed E-state index contributed by atoms with van der Waals surface area (Å²) in [5.74, 6) is 0. The first kappa shape index (κ1) is 30.8. The first-order valence-electron chi connectivity index (χ1n) is 18.5. The zero-order valence-electron chi connectivity index (χ0n) is 29.4. The number of benzene rings is 10. The van der Waals surface area contributed by atoms with Crippen LogP contribution in [-0.4, -0.2) is 0 Å². The third-order valence-corrected chi connectivity index (χ3v) is 12.1. The zero-order chi connectivity index (χ0) is 35.6. The van der Waals surface area contributed by atoms with Gasteiger partial charge in [0.15, 0.2) is 0 Å². The van der Waals surface area contributed by atoms with Crippen LogP contribution < -0.4 is 4.90 Å². The maximum Gasteiger partial charge on any atom is 0.0546 e. The molecule has 54 heavy (non-hydrogen) atoms. The third kappa shape index (κ3) is 5.07. The average Bonchev–Trinajstić information content (AvgIpc) is 3.59. The van der Waals surface area contributed by atoms with Gasteiger partial charge in [0.2, 0.25) is 0 Å². The van der Waals surface area contributed by atoms with Crippen molar-refractivity contribution in [1.29, 1.82) is 0 Å². The molecule has 11 rings (SSSR count). The average molecular weight is 704 g/mol. The van der Waals surface area contributed by atoms with Crippen LogP contribution in [0, 0.1) is 0 Å². The smallest absolute Gasteiger partial charge is 0.0546 e. The van der Waals surface area contributed by atoms with Crippen LogP contribution in [0.25, 0.3) is 85.5 Å². The van der Waals surface area contributed by atoms with Crippen LogP contribution in [0.2, 0.25) is 0 Å². The predicted octanol–water partition coefficient (Wildman–Crippen LogP) is 15.5. The van der Waals surface area contributed by atoms with Gasteiger partial charge in [0.1, 0.15) is 0 Å². The monoisotopic (exact) mass is 703 g/mol. The molecule has 0 saturated heterocycles. The summed E-state index contributed by atoms with van der Waals surface area (Å²) >= 11 is 1.88. The zero-order valence-corrected chi connectivity index (χ0v) is 30.2. The van der Waals surface area contributed by atoms with E-state index in [9.17, 15) is 0 Å². The molecule has 1 nitrogen and oxygen atoms in total. The Hall–Kier alpha value is -6.74. The van der Waals surface area contributed by atoms with Crippen LogP contribution in [0.15, 0.2) is 200 Å². The van der Waals surface area contributed by atoms with Crippen molar-refractivity contribution >= 4 is 91.7 Å². The van der Waals surface area contributed by atoms with Gasteiger partial charge in [-0.1, -0.05) is 146 Å². The van der Waals surface area contributed by atoms with Gasteiger partial charge in [-0.15, -0.1) is 11.3 Å².